The maximum atomic E-state index is 11.9. The first-order valence-electron chi connectivity index (χ1n) is 8.06. The molecule has 0 spiro atoms. The minimum Gasteiger partial charge on any atom is -0.493 e. The van der Waals surface area contributed by atoms with Crippen molar-refractivity contribution in [3.05, 3.63) is 41.2 Å². The molecule has 1 aromatic carbocycles. The quantitative estimate of drug-likeness (QED) is 0.618. The first-order valence-corrected chi connectivity index (χ1v) is 8.06. The summed E-state index contributed by atoms with van der Waals surface area (Å²) in [6, 6.07) is 7.38. The van der Waals surface area contributed by atoms with Crippen LogP contribution in [0.1, 0.15) is 30.8 Å². The molecule has 0 fully saturated rings. The third-order valence-corrected chi connectivity index (χ3v) is 3.35. The lowest BCUT2D eigenvalue weighted by molar-refractivity contribution is -0.121. The van der Waals surface area contributed by atoms with Gasteiger partial charge >= 0.3 is 0 Å². The van der Waals surface area contributed by atoms with Gasteiger partial charge in [0.15, 0.2) is 11.5 Å². The summed E-state index contributed by atoms with van der Waals surface area (Å²) in [7, 11) is 1.58. The van der Waals surface area contributed by atoms with Gasteiger partial charge in [-0.1, -0.05) is 0 Å². The molecule has 7 nitrogen and oxygen atoms in total. The Morgan fingerprint density at radius 2 is 2.08 bits per heavy atom. The highest BCUT2D eigenvalue weighted by Crippen LogP contribution is 2.28. The molecule has 0 aliphatic carbocycles. The Labute approximate surface area is 147 Å². The topological polar surface area (TPSA) is 77.7 Å². The van der Waals surface area contributed by atoms with Gasteiger partial charge in [0.2, 0.25) is 0 Å². The highest BCUT2D eigenvalue weighted by Gasteiger charge is 2.08. The normalized spacial score (nSPS) is 11.1. The molecule has 25 heavy (non-hydrogen) atoms. The Bertz CT molecular complexity index is 766. The highest BCUT2D eigenvalue weighted by molar-refractivity contribution is 5.83. The van der Waals surface area contributed by atoms with E-state index >= 15 is 0 Å². The van der Waals surface area contributed by atoms with Gasteiger partial charge in [-0.3, -0.25) is 9.48 Å². The number of benzene rings is 1. The van der Waals surface area contributed by atoms with Crippen molar-refractivity contribution in [3.8, 4) is 11.5 Å². The molecule has 1 heterocycles. The molecule has 0 bridgehead atoms. The third-order valence-electron chi connectivity index (χ3n) is 3.35. The average molecular weight is 344 g/mol. The van der Waals surface area contributed by atoms with Gasteiger partial charge in [0.1, 0.15) is 6.54 Å². The Morgan fingerprint density at radius 1 is 1.32 bits per heavy atom. The zero-order valence-electron chi connectivity index (χ0n) is 15.2. The van der Waals surface area contributed by atoms with E-state index in [4.69, 9.17) is 9.47 Å². The number of nitrogens with one attached hydrogen (secondary N) is 1. The zero-order chi connectivity index (χ0) is 18.4. The van der Waals surface area contributed by atoms with E-state index in [-0.39, 0.29) is 18.6 Å². The van der Waals surface area contributed by atoms with Crippen molar-refractivity contribution in [2.24, 2.45) is 5.10 Å². The third kappa shape index (κ3) is 5.34. The van der Waals surface area contributed by atoms with Crippen LogP contribution >= 0.6 is 0 Å². The molecular formula is C18H24N4O3. The van der Waals surface area contributed by atoms with Gasteiger partial charge in [0.05, 0.1) is 25.1 Å². The van der Waals surface area contributed by atoms with Crippen LogP contribution in [0, 0.1) is 13.8 Å². The molecular weight excluding hydrogens is 320 g/mol. The summed E-state index contributed by atoms with van der Waals surface area (Å²) >= 11 is 0. The number of carbonyl (C=O) groups is 1. The molecule has 2 rings (SSSR count). The van der Waals surface area contributed by atoms with Gasteiger partial charge < -0.3 is 9.47 Å². The smallest absolute Gasteiger partial charge is 0.261 e. The number of nitrogens with zero attached hydrogens (tertiary/aromatic N) is 3. The van der Waals surface area contributed by atoms with Crippen LogP contribution in [0.25, 0.3) is 0 Å². The number of ether oxygens (including phenoxy) is 2. The predicted octanol–water partition coefficient (Wildman–Crippen LogP) is 2.45. The van der Waals surface area contributed by atoms with Gasteiger partial charge in [-0.2, -0.15) is 10.2 Å². The van der Waals surface area contributed by atoms with Crippen molar-refractivity contribution in [1.82, 2.24) is 15.2 Å². The number of hydrogen-bond donors (Lipinski definition) is 1. The molecule has 0 aliphatic heterocycles. The predicted molar refractivity (Wildman–Crippen MR) is 96.2 cm³/mol. The van der Waals surface area contributed by atoms with Crippen LogP contribution in [0.4, 0.5) is 0 Å². The molecule has 0 aliphatic rings. The fourth-order valence-electron chi connectivity index (χ4n) is 2.30. The van der Waals surface area contributed by atoms with Crippen molar-refractivity contribution >= 4 is 12.1 Å². The number of aromatic nitrogens is 2. The van der Waals surface area contributed by atoms with E-state index in [2.05, 4.69) is 15.6 Å². The summed E-state index contributed by atoms with van der Waals surface area (Å²) in [5.74, 6) is 1.05. The summed E-state index contributed by atoms with van der Waals surface area (Å²) in [5.41, 5.74) is 5.10. The SMILES string of the molecule is COc1cc(C=NNC(=O)Cn2nc(C)cc2C)ccc1OC(C)C. The van der Waals surface area contributed by atoms with Crippen LogP contribution in [0.2, 0.25) is 0 Å². The molecule has 0 atom stereocenters. The first-order chi connectivity index (χ1) is 11.9. The first kappa shape index (κ1) is 18.5. The van der Waals surface area contributed by atoms with Gasteiger partial charge in [-0.05, 0) is 57.5 Å². The monoisotopic (exact) mass is 344 g/mol. The fourth-order valence-corrected chi connectivity index (χ4v) is 2.30. The molecule has 134 valence electrons. The summed E-state index contributed by atoms with van der Waals surface area (Å²) in [6.07, 6.45) is 1.61. The largest absolute Gasteiger partial charge is 0.493 e. The summed E-state index contributed by atoms with van der Waals surface area (Å²) in [5, 5.41) is 8.22. The van der Waals surface area contributed by atoms with E-state index < -0.39 is 0 Å². The van der Waals surface area contributed by atoms with Crippen molar-refractivity contribution < 1.29 is 14.3 Å². The molecule has 1 N–H and O–H groups in total. The Morgan fingerprint density at radius 3 is 2.68 bits per heavy atom. The second kappa shape index (κ2) is 8.32. The average Bonchev–Trinajstić information content (AvgIpc) is 2.85. The zero-order valence-corrected chi connectivity index (χ0v) is 15.2. The van der Waals surface area contributed by atoms with Crippen LogP contribution in [-0.4, -0.2) is 35.1 Å². The number of hydrogen-bond acceptors (Lipinski definition) is 5. The van der Waals surface area contributed by atoms with E-state index in [9.17, 15) is 4.79 Å². The number of aryl methyl sites for hydroxylation is 2. The van der Waals surface area contributed by atoms with Crippen LogP contribution in [0.5, 0.6) is 11.5 Å². The van der Waals surface area contributed by atoms with E-state index in [1.807, 2.05) is 45.9 Å². The van der Waals surface area contributed by atoms with Crippen molar-refractivity contribution in [3.63, 3.8) is 0 Å². The maximum Gasteiger partial charge on any atom is 0.261 e. The van der Waals surface area contributed by atoms with E-state index in [0.29, 0.717) is 11.5 Å². The molecule has 2 aromatic rings. The fraction of sp³-hybridized carbons (Fsp3) is 0.389. The number of hydrazone groups is 1. The second-order valence-corrected chi connectivity index (χ2v) is 5.95. The molecule has 7 heteroatoms. The maximum absolute atomic E-state index is 11.9. The minimum atomic E-state index is -0.242. The van der Waals surface area contributed by atoms with Crippen molar-refractivity contribution in [1.29, 1.82) is 0 Å². The Kier molecular flexibility index (Phi) is 6.16. The van der Waals surface area contributed by atoms with E-state index in [0.717, 1.165) is 17.0 Å². The van der Waals surface area contributed by atoms with Crippen molar-refractivity contribution in [2.75, 3.05) is 7.11 Å². The van der Waals surface area contributed by atoms with Crippen LogP contribution in [-0.2, 0) is 11.3 Å². The lowest BCUT2D eigenvalue weighted by Crippen LogP contribution is -2.24. The van der Waals surface area contributed by atoms with Crippen molar-refractivity contribution in [2.45, 2.75) is 40.3 Å². The molecule has 0 radical (unpaired) electrons. The Hall–Kier alpha value is -2.83. The van der Waals surface area contributed by atoms with Gasteiger partial charge in [0, 0.05) is 5.69 Å². The van der Waals surface area contributed by atoms with E-state index in [1.54, 1.807) is 24.1 Å². The molecule has 0 unspecified atom stereocenters. The molecule has 1 amide bonds. The van der Waals surface area contributed by atoms with Crippen LogP contribution < -0.4 is 14.9 Å². The standard InChI is InChI=1S/C18H24N4O3/c1-12(2)25-16-7-6-15(9-17(16)24-5)10-19-20-18(23)11-22-14(4)8-13(3)21-22/h6-10,12H,11H2,1-5H3,(H,20,23). The molecule has 1 aromatic heterocycles. The minimum absolute atomic E-state index is 0.0575. The lowest BCUT2D eigenvalue weighted by Gasteiger charge is -2.13. The molecule has 0 saturated carbocycles. The highest BCUT2D eigenvalue weighted by atomic mass is 16.5. The second-order valence-electron chi connectivity index (χ2n) is 5.95. The lowest BCUT2D eigenvalue weighted by atomic mass is 10.2. The van der Waals surface area contributed by atoms with E-state index in [1.165, 1.54) is 0 Å². The number of amides is 1. The number of methoxy groups -OCH3 is 1. The van der Waals surface area contributed by atoms with Gasteiger partial charge in [-0.25, -0.2) is 5.43 Å². The van der Waals surface area contributed by atoms with Gasteiger partial charge in [0.25, 0.3) is 5.91 Å². The Balaban J connectivity index is 1.97. The van der Waals surface area contributed by atoms with Crippen LogP contribution in [0.3, 0.4) is 0 Å². The molecule has 0 saturated heterocycles. The summed E-state index contributed by atoms with van der Waals surface area (Å²) < 4.78 is 12.6. The summed E-state index contributed by atoms with van der Waals surface area (Å²) in [4.78, 5) is 11.9. The van der Waals surface area contributed by atoms with Crippen LogP contribution in [0.15, 0.2) is 29.4 Å². The van der Waals surface area contributed by atoms with Gasteiger partial charge in [-0.15, -0.1) is 0 Å². The number of rotatable bonds is 7. The number of carbonyl (C=O) groups excluding carboxylic acids is 1. The summed E-state index contributed by atoms with van der Waals surface area (Å²) in [6.45, 7) is 7.82.